The number of aryl methyl sites for hydroxylation is 1. The van der Waals surface area contributed by atoms with Gasteiger partial charge in [0.1, 0.15) is 5.82 Å². The number of hydrogen-bond donors (Lipinski definition) is 1. The summed E-state index contributed by atoms with van der Waals surface area (Å²) in [6.07, 6.45) is -0.0337. The third kappa shape index (κ3) is 4.21. The van der Waals surface area contributed by atoms with Gasteiger partial charge in [-0.2, -0.15) is 0 Å². The molecule has 1 aliphatic rings. The molecule has 28 heavy (non-hydrogen) atoms. The number of anilines is 2. The van der Waals surface area contributed by atoms with Crippen molar-refractivity contribution in [3.8, 4) is 0 Å². The molecule has 1 N–H and O–H groups in total. The molecule has 2 aromatic carbocycles. The molecule has 1 aliphatic heterocycles. The average molecular weight is 404 g/mol. The molecule has 6 nitrogen and oxygen atoms in total. The molecule has 1 unspecified atom stereocenters. The first-order valence-electron chi connectivity index (χ1n) is 8.65. The lowest BCUT2D eigenvalue weighted by atomic mass is 10.2. The highest BCUT2D eigenvalue weighted by Crippen LogP contribution is 2.28. The van der Waals surface area contributed by atoms with E-state index in [-0.39, 0.29) is 18.9 Å². The van der Waals surface area contributed by atoms with Gasteiger partial charge in [-0.1, -0.05) is 23.7 Å². The summed E-state index contributed by atoms with van der Waals surface area (Å²) in [5.74, 6) is -1.64. The van der Waals surface area contributed by atoms with Gasteiger partial charge >= 0.3 is 0 Å². The highest BCUT2D eigenvalue weighted by atomic mass is 35.5. The minimum atomic E-state index is -0.758. The van der Waals surface area contributed by atoms with Crippen molar-refractivity contribution in [3.63, 3.8) is 0 Å². The third-order valence-corrected chi connectivity index (χ3v) is 4.98. The number of nitrogens with one attached hydrogen (secondary N) is 1. The Hall–Kier alpha value is -2.77. The van der Waals surface area contributed by atoms with Crippen LogP contribution in [0.3, 0.4) is 0 Å². The number of likely N-dealkylation sites (N-methyl/N-ethyl adjacent to an activating group) is 1. The van der Waals surface area contributed by atoms with Crippen molar-refractivity contribution < 1.29 is 18.8 Å². The quantitative estimate of drug-likeness (QED) is 0.779. The molecule has 8 heteroatoms. The normalized spacial score (nSPS) is 16.8. The van der Waals surface area contributed by atoms with Crippen LogP contribution in [0.4, 0.5) is 15.8 Å². The summed E-state index contributed by atoms with van der Waals surface area (Å²) >= 11 is 6.10. The molecule has 1 atom stereocenters. The maximum Gasteiger partial charge on any atom is 0.251 e. The summed E-state index contributed by atoms with van der Waals surface area (Å²) in [4.78, 5) is 40.0. The van der Waals surface area contributed by atoms with E-state index in [2.05, 4.69) is 5.32 Å². The van der Waals surface area contributed by atoms with Crippen molar-refractivity contribution in [3.05, 3.63) is 58.9 Å². The predicted molar refractivity (Wildman–Crippen MR) is 105 cm³/mol. The molecule has 0 saturated carbocycles. The fourth-order valence-corrected chi connectivity index (χ4v) is 3.23. The zero-order valence-electron chi connectivity index (χ0n) is 15.4. The summed E-state index contributed by atoms with van der Waals surface area (Å²) < 4.78 is 13.2. The number of carbonyl (C=O) groups excluding carboxylic acids is 3. The molecule has 0 aliphatic carbocycles. The number of amides is 3. The molecule has 0 radical (unpaired) electrons. The van der Waals surface area contributed by atoms with Gasteiger partial charge < -0.3 is 5.32 Å². The van der Waals surface area contributed by atoms with Crippen LogP contribution < -0.4 is 10.2 Å². The fraction of sp³-hybridized carbons (Fsp3) is 0.250. The van der Waals surface area contributed by atoms with E-state index in [4.69, 9.17) is 11.6 Å². The zero-order valence-corrected chi connectivity index (χ0v) is 16.2. The number of rotatable bonds is 5. The lowest BCUT2D eigenvalue weighted by Gasteiger charge is -2.22. The summed E-state index contributed by atoms with van der Waals surface area (Å²) in [6, 6.07) is 9.74. The maximum absolute atomic E-state index is 13.2. The van der Waals surface area contributed by atoms with Crippen LogP contribution in [0.25, 0.3) is 0 Å². The van der Waals surface area contributed by atoms with E-state index in [0.717, 1.165) is 10.5 Å². The molecule has 3 rings (SSSR count). The Morgan fingerprint density at radius 1 is 1.29 bits per heavy atom. The first kappa shape index (κ1) is 20.0. The molecule has 2 aromatic rings. The van der Waals surface area contributed by atoms with Crippen LogP contribution in [0.15, 0.2) is 42.5 Å². The largest absolute Gasteiger partial charge is 0.325 e. The second-order valence-electron chi connectivity index (χ2n) is 6.69. The van der Waals surface area contributed by atoms with Gasteiger partial charge in [0.25, 0.3) is 5.91 Å². The van der Waals surface area contributed by atoms with Crippen molar-refractivity contribution in [2.24, 2.45) is 0 Å². The minimum Gasteiger partial charge on any atom is -0.325 e. The molecule has 0 spiro atoms. The van der Waals surface area contributed by atoms with E-state index in [0.29, 0.717) is 16.4 Å². The van der Waals surface area contributed by atoms with Crippen LogP contribution in [0, 0.1) is 12.7 Å². The summed E-state index contributed by atoms with van der Waals surface area (Å²) in [7, 11) is 1.59. The molecular weight excluding hydrogens is 385 g/mol. The van der Waals surface area contributed by atoms with Crippen LogP contribution in [-0.2, 0) is 14.4 Å². The molecular formula is C20H19ClFN3O3. The van der Waals surface area contributed by atoms with Crippen LogP contribution >= 0.6 is 11.6 Å². The molecule has 0 aromatic heterocycles. The number of nitrogens with zero attached hydrogens (tertiary/aromatic N) is 2. The summed E-state index contributed by atoms with van der Waals surface area (Å²) in [6.45, 7) is 1.70. The number of benzene rings is 2. The maximum atomic E-state index is 13.2. The monoisotopic (exact) mass is 403 g/mol. The number of hydrogen-bond acceptors (Lipinski definition) is 4. The van der Waals surface area contributed by atoms with Crippen molar-refractivity contribution in [2.75, 3.05) is 23.8 Å². The van der Waals surface area contributed by atoms with E-state index < -0.39 is 23.7 Å². The van der Waals surface area contributed by atoms with Gasteiger partial charge in [0.2, 0.25) is 11.8 Å². The van der Waals surface area contributed by atoms with E-state index in [1.807, 2.05) is 6.92 Å². The molecule has 146 valence electrons. The Kier molecular flexibility index (Phi) is 5.76. The van der Waals surface area contributed by atoms with Crippen LogP contribution in [0.5, 0.6) is 0 Å². The van der Waals surface area contributed by atoms with Gasteiger partial charge in [-0.05, 0) is 49.9 Å². The number of carbonyl (C=O) groups is 3. The molecule has 1 heterocycles. The number of imide groups is 1. The van der Waals surface area contributed by atoms with Crippen LogP contribution in [0.2, 0.25) is 5.02 Å². The highest BCUT2D eigenvalue weighted by molar-refractivity contribution is 6.32. The average Bonchev–Trinajstić information content (AvgIpc) is 2.92. The van der Waals surface area contributed by atoms with E-state index in [9.17, 15) is 18.8 Å². The molecule has 0 bridgehead atoms. The fourth-order valence-electron chi connectivity index (χ4n) is 3.06. The standard InChI is InChI=1S/C20H19ClFN3O3/c1-12-6-7-15(9-16(12)21)25-19(27)10-17(20(25)28)24(2)11-18(26)23-14-5-3-4-13(22)8-14/h3-9,17H,10-11H2,1-2H3,(H,23,26). The Morgan fingerprint density at radius 3 is 2.71 bits per heavy atom. The third-order valence-electron chi connectivity index (χ3n) is 4.57. The second-order valence-corrected chi connectivity index (χ2v) is 7.10. The van der Waals surface area contributed by atoms with E-state index >= 15 is 0 Å². The van der Waals surface area contributed by atoms with Crippen LogP contribution in [0.1, 0.15) is 12.0 Å². The van der Waals surface area contributed by atoms with Crippen molar-refractivity contribution >= 4 is 40.7 Å². The SMILES string of the molecule is Cc1ccc(N2C(=O)CC(N(C)CC(=O)Nc3cccc(F)c3)C2=O)cc1Cl. The van der Waals surface area contributed by atoms with Gasteiger partial charge in [-0.3, -0.25) is 19.3 Å². The lowest BCUT2D eigenvalue weighted by Crippen LogP contribution is -2.43. The molecule has 3 amide bonds. The number of halogens is 2. The van der Waals surface area contributed by atoms with Gasteiger partial charge in [-0.15, -0.1) is 0 Å². The first-order chi connectivity index (χ1) is 13.3. The Morgan fingerprint density at radius 2 is 2.04 bits per heavy atom. The zero-order chi connectivity index (χ0) is 20.4. The highest BCUT2D eigenvalue weighted by Gasteiger charge is 2.42. The second kappa shape index (κ2) is 8.08. The summed E-state index contributed by atoms with van der Waals surface area (Å²) in [5, 5.41) is 3.03. The van der Waals surface area contributed by atoms with Gasteiger partial charge in [-0.25, -0.2) is 9.29 Å². The Labute approximate surface area is 166 Å². The predicted octanol–water partition coefficient (Wildman–Crippen LogP) is 2.99. The Bertz CT molecular complexity index is 950. The van der Waals surface area contributed by atoms with Crippen molar-refractivity contribution in [1.29, 1.82) is 0 Å². The van der Waals surface area contributed by atoms with Gasteiger partial charge in [0.15, 0.2) is 0 Å². The molecule has 1 saturated heterocycles. The topological polar surface area (TPSA) is 69.7 Å². The van der Waals surface area contributed by atoms with Gasteiger partial charge in [0, 0.05) is 10.7 Å². The summed E-state index contributed by atoms with van der Waals surface area (Å²) in [5.41, 5.74) is 1.57. The minimum absolute atomic E-state index is 0.0337. The smallest absolute Gasteiger partial charge is 0.251 e. The van der Waals surface area contributed by atoms with E-state index in [1.54, 1.807) is 31.3 Å². The van der Waals surface area contributed by atoms with Crippen molar-refractivity contribution in [2.45, 2.75) is 19.4 Å². The van der Waals surface area contributed by atoms with Crippen molar-refractivity contribution in [1.82, 2.24) is 4.90 Å². The van der Waals surface area contributed by atoms with Gasteiger partial charge in [0.05, 0.1) is 24.7 Å². The van der Waals surface area contributed by atoms with Crippen LogP contribution in [-0.4, -0.2) is 42.3 Å². The lowest BCUT2D eigenvalue weighted by molar-refractivity contribution is -0.123. The molecule has 1 fully saturated rings. The Balaban J connectivity index is 1.68. The first-order valence-corrected chi connectivity index (χ1v) is 9.02. The van der Waals surface area contributed by atoms with E-state index in [1.165, 1.54) is 23.1 Å².